The number of nitrogens with one attached hydrogen (secondary N) is 1. The van der Waals surface area contributed by atoms with Crippen molar-refractivity contribution in [3.63, 3.8) is 0 Å². The van der Waals surface area contributed by atoms with Crippen LogP contribution in [0.3, 0.4) is 0 Å². The molecule has 1 atom stereocenters. The average Bonchev–Trinajstić information content (AvgIpc) is 3.17. The van der Waals surface area contributed by atoms with Gasteiger partial charge in [-0.25, -0.2) is 12.8 Å². The van der Waals surface area contributed by atoms with Gasteiger partial charge in [0.15, 0.2) is 0 Å². The third-order valence-corrected chi connectivity index (χ3v) is 9.50. The first kappa shape index (κ1) is 28.4. The summed E-state index contributed by atoms with van der Waals surface area (Å²) in [7, 11) is -3.54. The lowest BCUT2D eigenvalue weighted by Gasteiger charge is -2.41. The Morgan fingerprint density at radius 3 is 2.42 bits per heavy atom. The number of thioether (sulfide) groups is 1. The fourth-order valence-corrected chi connectivity index (χ4v) is 7.09. The molecule has 1 fully saturated rings. The van der Waals surface area contributed by atoms with Crippen LogP contribution in [0.2, 0.25) is 0 Å². The number of carbonyl (C=O) groups is 2. The first-order valence-corrected chi connectivity index (χ1v) is 15.6. The summed E-state index contributed by atoms with van der Waals surface area (Å²) in [5, 5.41) is 2.84. The van der Waals surface area contributed by atoms with Crippen LogP contribution in [0.4, 0.5) is 10.1 Å². The minimum Gasteiger partial charge on any atom is -0.342 e. The van der Waals surface area contributed by atoms with Gasteiger partial charge in [-0.3, -0.25) is 13.9 Å². The highest BCUT2D eigenvalue weighted by Gasteiger charge is 2.48. The first-order valence-electron chi connectivity index (χ1n) is 12.6. The van der Waals surface area contributed by atoms with E-state index in [1.165, 1.54) is 22.5 Å². The van der Waals surface area contributed by atoms with Crippen molar-refractivity contribution in [2.75, 3.05) is 35.9 Å². The summed E-state index contributed by atoms with van der Waals surface area (Å²) < 4.78 is 40.5. The molecule has 2 aromatic rings. The Hall–Kier alpha value is -2.63. The highest BCUT2D eigenvalue weighted by Crippen LogP contribution is 2.48. The lowest BCUT2D eigenvalue weighted by Crippen LogP contribution is -2.58. The van der Waals surface area contributed by atoms with Gasteiger partial charge in [0.25, 0.3) is 0 Å². The molecule has 2 aromatic carbocycles. The smallest absolute Gasteiger partial charge is 0.246 e. The van der Waals surface area contributed by atoms with Gasteiger partial charge < -0.3 is 16.0 Å². The van der Waals surface area contributed by atoms with Gasteiger partial charge >= 0.3 is 0 Å². The van der Waals surface area contributed by atoms with Gasteiger partial charge in [0.1, 0.15) is 11.9 Å². The number of hydrogen-bond donors (Lipinski definition) is 2. The lowest BCUT2D eigenvalue weighted by atomic mass is 9.74. The highest BCUT2D eigenvalue weighted by atomic mass is 32.2. The fourth-order valence-electron chi connectivity index (χ4n) is 5.08. The predicted molar refractivity (Wildman–Crippen MR) is 149 cm³/mol. The Bertz CT molecular complexity index is 1290. The van der Waals surface area contributed by atoms with E-state index < -0.39 is 38.7 Å². The van der Waals surface area contributed by atoms with Crippen molar-refractivity contribution in [1.29, 1.82) is 0 Å². The molecule has 2 heterocycles. The standard InChI is InChI=1S/C27H35FN4O4S2/c1-26(2,29)25(34)30-22(17-37-16-19-7-5-4-6-8-19)24(33)31-13-11-27(12-14-31)18-32(38(3,35)36)23-10-9-20(28)15-21(23)27/h4-10,15,22H,11-14,16-18,29H2,1-3H3,(H,30,34). The van der Waals surface area contributed by atoms with Crippen molar-refractivity contribution in [1.82, 2.24) is 10.2 Å². The van der Waals surface area contributed by atoms with Crippen LogP contribution in [0.5, 0.6) is 0 Å². The molecule has 0 saturated carbocycles. The summed E-state index contributed by atoms with van der Waals surface area (Å²) in [6.07, 6.45) is 2.12. The molecule has 2 amide bonds. The molecule has 38 heavy (non-hydrogen) atoms. The van der Waals surface area contributed by atoms with E-state index in [2.05, 4.69) is 5.32 Å². The maximum atomic E-state index is 14.2. The van der Waals surface area contributed by atoms with E-state index in [4.69, 9.17) is 5.73 Å². The molecule has 1 unspecified atom stereocenters. The minimum atomic E-state index is -3.54. The summed E-state index contributed by atoms with van der Waals surface area (Å²) >= 11 is 1.56. The molecule has 11 heteroatoms. The monoisotopic (exact) mass is 562 g/mol. The van der Waals surface area contributed by atoms with Crippen molar-refractivity contribution in [3.05, 3.63) is 65.5 Å². The molecule has 8 nitrogen and oxygen atoms in total. The zero-order valence-electron chi connectivity index (χ0n) is 21.9. The van der Waals surface area contributed by atoms with E-state index in [0.717, 1.165) is 11.8 Å². The van der Waals surface area contributed by atoms with Gasteiger partial charge in [0, 0.05) is 36.6 Å². The highest BCUT2D eigenvalue weighted by molar-refractivity contribution is 7.98. The average molecular weight is 563 g/mol. The number of nitrogens with two attached hydrogens (primary N) is 1. The second-order valence-corrected chi connectivity index (χ2v) is 13.7. The summed E-state index contributed by atoms with van der Waals surface area (Å²) in [6.45, 7) is 4.15. The van der Waals surface area contributed by atoms with Crippen LogP contribution in [0.25, 0.3) is 0 Å². The number of carbonyl (C=O) groups excluding carboxylic acids is 2. The lowest BCUT2D eigenvalue weighted by molar-refractivity contribution is -0.138. The molecule has 0 bridgehead atoms. The minimum absolute atomic E-state index is 0.199. The normalized spacial score (nSPS) is 17.8. The van der Waals surface area contributed by atoms with Gasteiger partial charge in [-0.1, -0.05) is 30.3 Å². The van der Waals surface area contributed by atoms with Crippen LogP contribution in [0.15, 0.2) is 48.5 Å². The van der Waals surface area contributed by atoms with E-state index >= 15 is 0 Å². The van der Waals surface area contributed by atoms with Crippen LogP contribution in [0.1, 0.15) is 37.8 Å². The van der Waals surface area contributed by atoms with E-state index in [9.17, 15) is 22.4 Å². The largest absolute Gasteiger partial charge is 0.342 e. The molecular formula is C27H35FN4O4S2. The van der Waals surface area contributed by atoms with Crippen LogP contribution < -0.4 is 15.4 Å². The van der Waals surface area contributed by atoms with Crippen LogP contribution >= 0.6 is 11.8 Å². The molecule has 0 aliphatic carbocycles. The van der Waals surface area contributed by atoms with Crippen molar-refractivity contribution in [3.8, 4) is 0 Å². The quantitative estimate of drug-likeness (QED) is 0.512. The zero-order chi connectivity index (χ0) is 27.7. The number of amides is 2. The van der Waals surface area contributed by atoms with Crippen molar-refractivity contribution in [2.24, 2.45) is 5.73 Å². The molecule has 206 valence electrons. The third-order valence-electron chi connectivity index (χ3n) is 7.26. The summed E-state index contributed by atoms with van der Waals surface area (Å²) in [5.41, 5.74) is 6.56. The summed E-state index contributed by atoms with van der Waals surface area (Å²) in [4.78, 5) is 28.0. The number of sulfonamides is 1. The molecule has 0 radical (unpaired) electrons. The Morgan fingerprint density at radius 1 is 1.16 bits per heavy atom. The molecule has 2 aliphatic heterocycles. The zero-order valence-corrected chi connectivity index (χ0v) is 23.6. The number of likely N-dealkylation sites (tertiary alicyclic amines) is 1. The maximum Gasteiger partial charge on any atom is 0.246 e. The van der Waals surface area contributed by atoms with Crippen molar-refractivity contribution in [2.45, 2.75) is 49.4 Å². The van der Waals surface area contributed by atoms with Gasteiger partial charge in [-0.15, -0.1) is 0 Å². The number of nitrogens with zero attached hydrogens (tertiary/aromatic N) is 2. The topological polar surface area (TPSA) is 113 Å². The molecular weight excluding hydrogens is 527 g/mol. The third kappa shape index (κ3) is 6.16. The molecule has 1 saturated heterocycles. The molecule has 0 aromatic heterocycles. The second-order valence-electron chi connectivity index (χ2n) is 10.8. The van der Waals surface area contributed by atoms with Crippen LogP contribution in [-0.4, -0.2) is 68.4 Å². The van der Waals surface area contributed by atoms with E-state index in [0.29, 0.717) is 48.7 Å². The Morgan fingerprint density at radius 2 is 1.82 bits per heavy atom. The first-order chi connectivity index (χ1) is 17.8. The summed E-state index contributed by atoms with van der Waals surface area (Å²) in [5.74, 6) is 0.0514. The maximum absolute atomic E-state index is 14.2. The van der Waals surface area contributed by atoms with Crippen molar-refractivity contribution >= 4 is 39.3 Å². The number of piperidine rings is 1. The van der Waals surface area contributed by atoms with Gasteiger partial charge in [-0.05, 0) is 56.0 Å². The van der Waals surface area contributed by atoms with Gasteiger partial charge in [-0.2, -0.15) is 11.8 Å². The molecule has 2 aliphatic rings. The van der Waals surface area contributed by atoms with E-state index in [1.807, 2.05) is 30.3 Å². The number of hydrogen-bond acceptors (Lipinski definition) is 6. The Kier molecular flexibility index (Phi) is 8.11. The summed E-state index contributed by atoms with van der Waals surface area (Å²) in [6, 6.07) is 13.3. The molecule has 4 rings (SSSR count). The SMILES string of the molecule is CC(C)(N)C(=O)NC(CSCc1ccccc1)C(=O)N1CCC2(CC1)CN(S(C)(=O)=O)c1ccc(F)cc12. The van der Waals surface area contributed by atoms with Crippen molar-refractivity contribution < 1.29 is 22.4 Å². The molecule has 1 spiro atoms. The van der Waals surface area contributed by atoms with Gasteiger partial charge in [0.05, 0.1) is 17.5 Å². The van der Waals surface area contributed by atoms with Crippen LogP contribution in [-0.2, 0) is 30.8 Å². The number of fused-ring (bicyclic) bond motifs is 2. The fraction of sp³-hybridized carbons (Fsp3) is 0.481. The Balaban J connectivity index is 1.48. The number of anilines is 1. The van der Waals surface area contributed by atoms with E-state index in [1.54, 1.807) is 30.5 Å². The molecule has 3 N–H and O–H groups in total. The van der Waals surface area contributed by atoms with Crippen LogP contribution in [0, 0.1) is 5.82 Å². The Labute approximate surface area is 228 Å². The predicted octanol–water partition coefficient (Wildman–Crippen LogP) is 2.62. The van der Waals surface area contributed by atoms with Gasteiger partial charge in [0.2, 0.25) is 21.8 Å². The number of rotatable bonds is 8. The van der Waals surface area contributed by atoms with E-state index in [-0.39, 0.29) is 12.5 Å². The number of halogens is 1. The second kappa shape index (κ2) is 10.9. The number of benzene rings is 2.